The van der Waals surface area contributed by atoms with E-state index in [0.717, 1.165) is 26.4 Å². The molecule has 0 bridgehead atoms. The average molecular weight is 370 g/mol. The first-order valence-corrected chi connectivity index (χ1v) is 9.41. The zero-order valence-corrected chi connectivity index (χ0v) is 15.0. The normalized spacial score (nSPS) is 14.7. The Labute approximate surface area is 155 Å². The maximum Gasteiger partial charge on any atom is 0.227 e. The smallest absolute Gasteiger partial charge is 0.227 e. The zero-order valence-electron chi connectivity index (χ0n) is 14.2. The number of benzene rings is 2. The lowest BCUT2D eigenvalue weighted by Crippen LogP contribution is -2.41. The average Bonchev–Trinajstić information content (AvgIpc) is 3.00. The van der Waals surface area contributed by atoms with Crippen molar-refractivity contribution in [2.45, 2.75) is 16.3 Å². The fourth-order valence-electron chi connectivity index (χ4n) is 3.16. The second-order valence-electron chi connectivity index (χ2n) is 6.21. The molecular weight excluding hydrogens is 351 g/mol. The molecule has 1 aliphatic heterocycles. The van der Waals surface area contributed by atoms with Crippen LogP contribution >= 0.6 is 11.8 Å². The summed E-state index contributed by atoms with van der Waals surface area (Å²) < 4.78 is 18.9. The van der Waals surface area contributed by atoms with Crippen LogP contribution in [-0.2, 0) is 16.0 Å². The second kappa shape index (κ2) is 7.51. The number of halogens is 1. The van der Waals surface area contributed by atoms with Crippen molar-refractivity contribution in [1.82, 2.24) is 9.88 Å². The lowest BCUT2D eigenvalue weighted by atomic mass is 10.1. The Kier molecular flexibility index (Phi) is 4.95. The third-order valence-corrected chi connectivity index (χ3v) is 5.52. The van der Waals surface area contributed by atoms with Gasteiger partial charge in [-0.3, -0.25) is 4.79 Å². The minimum atomic E-state index is -0.267. The van der Waals surface area contributed by atoms with Crippen LogP contribution < -0.4 is 0 Å². The molecule has 4 nitrogen and oxygen atoms in total. The summed E-state index contributed by atoms with van der Waals surface area (Å²) in [7, 11) is 0. The fourth-order valence-corrected chi connectivity index (χ4v) is 4.18. The summed E-state index contributed by atoms with van der Waals surface area (Å²) in [5, 5.41) is 1.92. The minimum Gasteiger partial charge on any atom is -0.378 e. The number of ether oxygens (including phenoxy) is 1. The Hall–Kier alpha value is -2.31. The summed E-state index contributed by atoms with van der Waals surface area (Å²) in [5.41, 5.74) is 1.95. The van der Waals surface area contributed by atoms with Crippen LogP contribution in [0.5, 0.6) is 0 Å². The third-order valence-electron chi connectivity index (χ3n) is 4.48. The van der Waals surface area contributed by atoms with Crippen LogP contribution in [0, 0.1) is 5.82 Å². The first-order valence-electron chi connectivity index (χ1n) is 8.59. The minimum absolute atomic E-state index is 0.0964. The lowest BCUT2D eigenvalue weighted by Gasteiger charge is -2.27. The fraction of sp³-hybridized carbons (Fsp3) is 0.250. The number of para-hydroxylation sites is 1. The van der Waals surface area contributed by atoms with E-state index < -0.39 is 0 Å². The highest BCUT2D eigenvalue weighted by atomic mass is 32.2. The lowest BCUT2D eigenvalue weighted by molar-refractivity contribution is -0.134. The molecule has 2 aromatic carbocycles. The highest BCUT2D eigenvalue weighted by Crippen LogP contribution is 2.35. The van der Waals surface area contributed by atoms with E-state index in [4.69, 9.17) is 4.74 Å². The molecule has 1 fully saturated rings. The van der Waals surface area contributed by atoms with Crippen LogP contribution in [0.4, 0.5) is 4.39 Å². The molecule has 0 saturated carbocycles. The number of aromatic nitrogens is 1. The largest absolute Gasteiger partial charge is 0.378 e. The van der Waals surface area contributed by atoms with Crippen LogP contribution in [0.1, 0.15) is 5.56 Å². The van der Waals surface area contributed by atoms with Crippen molar-refractivity contribution < 1.29 is 13.9 Å². The van der Waals surface area contributed by atoms with E-state index in [1.165, 1.54) is 23.9 Å². The molecule has 1 saturated heterocycles. The van der Waals surface area contributed by atoms with E-state index in [1.807, 2.05) is 35.2 Å². The SMILES string of the molecule is O=C(Cc1c(Sc2cccc(F)c2)[nH]c2ccccc12)N1CCOCC1. The van der Waals surface area contributed by atoms with Gasteiger partial charge in [0, 0.05) is 34.5 Å². The third kappa shape index (κ3) is 3.61. The quantitative estimate of drug-likeness (QED) is 0.759. The Morgan fingerprint density at radius 1 is 1.15 bits per heavy atom. The zero-order chi connectivity index (χ0) is 17.9. The van der Waals surface area contributed by atoms with Gasteiger partial charge in [0.15, 0.2) is 0 Å². The van der Waals surface area contributed by atoms with Crippen molar-refractivity contribution >= 4 is 28.6 Å². The van der Waals surface area contributed by atoms with Crippen molar-refractivity contribution in [3.8, 4) is 0 Å². The molecule has 1 aliphatic rings. The van der Waals surface area contributed by atoms with Crippen LogP contribution in [0.2, 0.25) is 0 Å². The molecule has 0 radical (unpaired) electrons. The van der Waals surface area contributed by atoms with E-state index in [-0.39, 0.29) is 11.7 Å². The van der Waals surface area contributed by atoms with Crippen molar-refractivity contribution in [2.24, 2.45) is 0 Å². The molecule has 4 rings (SSSR count). The number of aromatic amines is 1. The molecule has 0 atom stereocenters. The number of carbonyl (C=O) groups excluding carboxylic acids is 1. The maximum absolute atomic E-state index is 13.5. The molecule has 0 unspecified atom stereocenters. The van der Waals surface area contributed by atoms with E-state index in [9.17, 15) is 9.18 Å². The van der Waals surface area contributed by atoms with Crippen molar-refractivity contribution in [3.05, 3.63) is 59.9 Å². The summed E-state index contributed by atoms with van der Waals surface area (Å²) in [4.78, 5) is 18.8. The Morgan fingerprint density at radius 2 is 1.96 bits per heavy atom. The number of hydrogen-bond donors (Lipinski definition) is 1. The number of rotatable bonds is 4. The van der Waals surface area contributed by atoms with Gasteiger partial charge in [-0.2, -0.15) is 0 Å². The van der Waals surface area contributed by atoms with Crippen LogP contribution in [0.3, 0.4) is 0 Å². The summed E-state index contributed by atoms with van der Waals surface area (Å²) >= 11 is 1.45. The molecular formula is C20H19FN2O2S. The van der Waals surface area contributed by atoms with E-state index in [0.29, 0.717) is 32.7 Å². The number of morpholine rings is 1. The number of amides is 1. The van der Waals surface area contributed by atoms with Gasteiger partial charge in [0.1, 0.15) is 5.82 Å². The Morgan fingerprint density at radius 3 is 2.77 bits per heavy atom. The topological polar surface area (TPSA) is 45.3 Å². The monoisotopic (exact) mass is 370 g/mol. The van der Waals surface area contributed by atoms with Gasteiger partial charge in [0.05, 0.1) is 24.7 Å². The summed E-state index contributed by atoms with van der Waals surface area (Å²) in [6.07, 6.45) is 0.321. The van der Waals surface area contributed by atoms with Gasteiger partial charge in [-0.05, 0) is 24.3 Å². The number of nitrogens with zero attached hydrogens (tertiary/aromatic N) is 1. The summed E-state index contributed by atoms with van der Waals surface area (Å²) in [6, 6.07) is 14.4. The van der Waals surface area contributed by atoms with E-state index >= 15 is 0 Å². The maximum atomic E-state index is 13.5. The first-order chi connectivity index (χ1) is 12.7. The summed E-state index contributed by atoms with van der Waals surface area (Å²) in [6.45, 7) is 2.44. The van der Waals surface area contributed by atoms with Crippen LogP contribution in [0.15, 0.2) is 58.5 Å². The number of nitrogens with one attached hydrogen (secondary N) is 1. The Balaban J connectivity index is 1.66. The van der Waals surface area contributed by atoms with Crippen molar-refractivity contribution in [2.75, 3.05) is 26.3 Å². The molecule has 0 spiro atoms. The molecule has 0 aliphatic carbocycles. The van der Waals surface area contributed by atoms with Crippen molar-refractivity contribution in [3.63, 3.8) is 0 Å². The number of hydrogen-bond acceptors (Lipinski definition) is 3. The van der Waals surface area contributed by atoms with E-state index in [2.05, 4.69) is 4.98 Å². The van der Waals surface area contributed by atoms with Crippen LogP contribution in [-0.4, -0.2) is 42.1 Å². The van der Waals surface area contributed by atoms with Gasteiger partial charge < -0.3 is 14.6 Å². The van der Waals surface area contributed by atoms with Gasteiger partial charge >= 0.3 is 0 Å². The molecule has 26 heavy (non-hydrogen) atoms. The molecule has 134 valence electrons. The first kappa shape index (κ1) is 17.1. The number of fused-ring (bicyclic) bond motifs is 1. The molecule has 1 N–H and O–H groups in total. The number of carbonyl (C=O) groups is 1. The standard InChI is InChI=1S/C20H19FN2O2S/c21-14-4-3-5-15(12-14)26-20-17(16-6-1-2-7-18(16)22-20)13-19(24)23-8-10-25-11-9-23/h1-7,12,22H,8-11,13H2. The highest BCUT2D eigenvalue weighted by Gasteiger charge is 2.21. The van der Waals surface area contributed by atoms with Gasteiger partial charge in [-0.1, -0.05) is 36.0 Å². The van der Waals surface area contributed by atoms with Crippen LogP contribution in [0.25, 0.3) is 10.9 Å². The predicted octanol–water partition coefficient (Wildman–Crippen LogP) is 3.86. The molecule has 3 aromatic rings. The number of H-pyrrole nitrogens is 1. The van der Waals surface area contributed by atoms with Gasteiger partial charge in [0.2, 0.25) is 5.91 Å². The van der Waals surface area contributed by atoms with Gasteiger partial charge in [-0.15, -0.1) is 0 Å². The van der Waals surface area contributed by atoms with Gasteiger partial charge in [0.25, 0.3) is 0 Å². The summed E-state index contributed by atoms with van der Waals surface area (Å²) in [5.74, 6) is -0.170. The second-order valence-corrected chi connectivity index (χ2v) is 7.29. The van der Waals surface area contributed by atoms with Gasteiger partial charge in [-0.25, -0.2) is 4.39 Å². The molecule has 1 amide bonds. The van der Waals surface area contributed by atoms with Crippen molar-refractivity contribution in [1.29, 1.82) is 0 Å². The molecule has 2 heterocycles. The Bertz CT molecular complexity index is 934. The predicted molar refractivity (Wildman–Crippen MR) is 99.9 cm³/mol. The molecule has 1 aromatic heterocycles. The highest BCUT2D eigenvalue weighted by molar-refractivity contribution is 7.99. The molecule has 6 heteroatoms. The van der Waals surface area contributed by atoms with E-state index in [1.54, 1.807) is 6.07 Å².